The van der Waals surface area contributed by atoms with Gasteiger partial charge >= 0.3 is 0 Å². The van der Waals surface area contributed by atoms with E-state index in [0.717, 1.165) is 18.6 Å². The van der Waals surface area contributed by atoms with Gasteiger partial charge in [-0.05, 0) is 36.6 Å². The van der Waals surface area contributed by atoms with E-state index in [9.17, 15) is 12.8 Å². The Hall–Kier alpha value is -0.980. The smallest absolute Gasteiger partial charge is 0.243 e. The molecular weight excluding hydrogens is 257 g/mol. The molecule has 4 nitrogen and oxygen atoms in total. The summed E-state index contributed by atoms with van der Waals surface area (Å²) >= 11 is 0. The van der Waals surface area contributed by atoms with Gasteiger partial charge in [0.15, 0.2) is 0 Å². The molecule has 18 heavy (non-hydrogen) atoms. The van der Waals surface area contributed by atoms with Crippen LogP contribution < -0.4 is 0 Å². The fourth-order valence-corrected chi connectivity index (χ4v) is 3.67. The zero-order valence-electron chi connectivity index (χ0n) is 10.2. The molecule has 6 heteroatoms. The minimum atomic E-state index is -3.50. The molecular formula is C12H16FNO3S. The fourth-order valence-electron chi connectivity index (χ4n) is 2.14. The van der Waals surface area contributed by atoms with Crippen LogP contribution in [-0.4, -0.2) is 39.5 Å². The summed E-state index contributed by atoms with van der Waals surface area (Å²) in [4.78, 5) is 0.141. The van der Waals surface area contributed by atoms with Gasteiger partial charge in [-0.15, -0.1) is 0 Å². The number of nitrogens with zero attached hydrogens (tertiary/aromatic N) is 1. The predicted molar refractivity (Wildman–Crippen MR) is 65.1 cm³/mol. The molecule has 1 atom stereocenters. The molecule has 2 rings (SSSR count). The molecule has 0 amide bonds. The van der Waals surface area contributed by atoms with Crippen LogP contribution in [0.4, 0.5) is 4.39 Å². The number of rotatable bonds is 4. The lowest BCUT2D eigenvalue weighted by atomic mass is 10.1. The van der Waals surface area contributed by atoms with E-state index in [1.807, 2.05) is 0 Å². The van der Waals surface area contributed by atoms with Gasteiger partial charge < -0.3 is 4.74 Å². The maximum absolute atomic E-state index is 12.8. The summed E-state index contributed by atoms with van der Waals surface area (Å²) in [5, 5.41) is 0. The first kappa shape index (κ1) is 13.5. The normalized spacial score (nSPS) is 21.3. The van der Waals surface area contributed by atoms with E-state index >= 15 is 0 Å². The van der Waals surface area contributed by atoms with E-state index in [2.05, 4.69) is 0 Å². The Bertz CT molecular complexity index is 501. The number of methoxy groups -OCH3 is 1. The highest BCUT2D eigenvalue weighted by Gasteiger charge is 2.32. The van der Waals surface area contributed by atoms with Gasteiger partial charge in [-0.3, -0.25) is 0 Å². The minimum absolute atomic E-state index is 0.141. The fraction of sp³-hybridized carbons (Fsp3) is 0.500. The number of halogens is 1. The molecule has 1 aliphatic rings. The molecule has 1 heterocycles. The van der Waals surface area contributed by atoms with Crippen molar-refractivity contribution in [1.29, 1.82) is 0 Å². The Morgan fingerprint density at radius 3 is 2.67 bits per heavy atom. The van der Waals surface area contributed by atoms with E-state index < -0.39 is 15.8 Å². The van der Waals surface area contributed by atoms with Crippen molar-refractivity contribution < 1.29 is 17.5 Å². The third-order valence-electron chi connectivity index (χ3n) is 3.10. The summed E-state index contributed by atoms with van der Waals surface area (Å²) in [6, 6.07) is 4.92. The summed E-state index contributed by atoms with van der Waals surface area (Å²) in [5.41, 5.74) is 0. The van der Waals surface area contributed by atoms with Crippen molar-refractivity contribution in [2.75, 3.05) is 26.8 Å². The average Bonchev–Trinajstić information content (AvgIpc) is 2.79. The topological polar surface area (TPSA) is 46.6 Å². The van der Waals surface area contributed by atoms with Gasteiger partial charge in [0, 0.05) is 20.2 Å². The number of hydrogen-bond acceptors (Lipinski definition) is 3. The van der Waals surface area contributed by atoms with E-state index in [4.69, 9.17) is 4.74 Å². The van der Waals surface area contributed by atoms with Crippen LogP contribution in [0.3, 0.4) is 0 Å². The molecule has 1 aromatic carbocycles. The van der Waals surface area contributed by atoms with Crippen molar-refractivity contribution in [2.45, 2.75) is 11.3 Å². The molecule has 0 N–H and O–H groups in total. The molecule has 0 saturated carbocycles. The first-order valence-corrected chi connectivity index (χ1v) is 7.22. The lowest BCUT2D eigenvalue weighted by molar-refractivity contribution is 0.157. The van der Waals surface area contributed by atoms with Gasteiger partial charge in [-0.2, -0.15) is 4.31 Å². The zero-order chi connectivity index (χ0) is 13.2. The molecule has 0 bridgehead atoms. The number of hydrogen-bond donors (Lipinski definition) is 0. The number of benzene rings is 1. The van der Waals surface area contributed by atoms with Crippen LogP contribution in [0.1, 0.15) is 6.42 Å². The Balaban J connectivity index is 2.15. The van der Waals surface area contributed by atoms with Crippen molar-refractivity contribution >= 4 is 10.0 Å². The Kier molecular flexibility index (Phi) is 3.99. The second-order valence-corrected chi connectivity index (χ2v) is 6.36. The summed E-state index contributed by atoms with van der Waals surface area (Å²) in [5.74, 6) is -0.196. The lowest BCUT2D eigenvalue weighted by Crippen LogP contribution is -2.29. The molecule has 0 radical (unpaired) electrons. The minimum Gasteiger partial charge on any atom is -0.384 e. The van der Waals surface area contributed by atoms with Gasteiger partial charge in [0.05, 0.1) is 11.5 Å². The largest absolute Gasteiger partial charge is 0.384 e. The van der Waals surface area contributed by atoms with Crippen molar-refractivity contribution in [3.8, 4) is 0 Å². The zero-order valence-corrected chi connectivity index (χ0v) is 11.0. The number of ether oxygens (including phenoxy) is 1. The highest BCUT2D eigenvalue weighted by molar-refractivity contribution is 7.89. The van der Waals surface area contributed by atoms with Crippen LogP contribution in [0.2, 0.25) is 0 Å². The first-order valence-electron chi connectivity index (χ1n) is 5.78. The van der Waals surface area contributed by atoms with Crippen molar-refractivity contribution in [3.63, 3.8) is 0 Å². The van der Waals surface area contributed by atoms with Crippen LogP contribution >= 0.6 is 0 Å². The Labute approximate surface area is 106 Å². The molecule has 1 aliphatic heterocycles. The second kappa shape index (κ2) is 5.34. The van der Waals surface area contributed by atoms with Crippen molar-refractivity contribution in [1.82, 2.24) is 4.31 Å². The Morgan fingerprint density at radius 2 is 2.06 bits per heavy atom. The predicted octanol–water partition coefficient (Wildman–Crippen LogP) is 1.48. The first-order chi connectivity index (χ1) is 8.54. The van der Waals surface area contributed by atoms with Crippen LogP contribution in [0, 0.1) is 11.7 Å². The van der Waals surface area contributed by atoms with E-state index in [-0.39, 0.29) is 10.8 Å². The molecule has 1 aromatic rings. The lowest BCUT2D eigenvalue weighted by Gasteiger charge is -2.16. The third kappa shape index (κ3) is 2.71. The van der Waals surface area contributed by atoms with E-state index in [1.54, 1.807) is 7.11 Å². The third-order valence-corrected chi connectivity index (χ3v) is 4.98. The monoisotopic (exact) mass is 273 g/mol. The van der Waals surface area contributed by atoms with Gasteiger partial charge in [-0.1, -0.05) is 0 Å². The van der Waals surface area contributed by atoms with Gasteiger partial charge in [-0.25, -0.2) is 12.8 Å². The van der Waals surface area contributed by atoms with E-state index in [1.165, 1.54) is 16.4 Å². The van der Waals surface area contributed by atoms with Crippen molar-refractivity contribution in [2.24, 2.45) is 5.92 Å². The number of sulfonamides is 1. The van der Waals surface area contributed by atoms with Crippen LogP contribution in [0.5, 0.6) is 0 Å². The summed E-state index contributed by atoms with van der Waals surface area (Å²) < 4.78 is 43.8. The molecule has 1 fully saturated rings. The highest BCUT2D eigenvalue weighted by Crippen LogP contribution is 2.24. The molecule has 0 aliphatic carbocycles. The van der Waals surface area contributed by atoms with Gasteiger partial charge in [0.25, 0.3) is 0 Å². The van der Waals surface area contributed by atoms with Crippen LogP contribution in [0.25, 0.3) is 0 Å². The van der Waals surface area contributed by atoms with Gasteiger partial charge in [0.1, 0.15) is 5.82 Å². The van der Waals surface area contributed by atoms with E-state index in [0.29, 0.717) is 19.7 Å². The summed E-state index contributed by atoms with van der Waals surface area (Å²) in [7, 11) is -1.89. The summed E-state index contributed by atoms with van der Waals surface area (Å²) in [6.07, 6.45) is 0.800. The standard InChI is InChI=1S/C12H16FNO3S/c1-17-9-10-6-7-14(8-10)18(15,16)12-4-2-11(13)3-5-12/h2-5,10H,6-9H2,1H3. The second-order valence-electron chi connectivity index (χ2n) is 4.43. The average molecular weight is 273 g/mol. The maximum Gasteiger partial charge on any atom is 0.243 e. The highest BCUT2D eigenvalue weighted by atomic mass is 32.2. The van der Waals surface area contributed by atoms with Gasteiger partial charge in [0.2, 0.25) is 10.0 Å². The van der Waals surface area contributed by atoms with Crippen molar-refractivity contribution in [3.05, 3.63) is 30.1 Å². The summed E-state index contributed by atoms with van der Waals surface area (Å²) in [6.45, 7) is 1.52. The maximum atomic E-state index is 12.8. The SMILES string of the molecule is COCC1CCN(S(=O)(=O)c2ccc(F)cc2)C1. The Morgan fingerprint density at radius 1 is 1.39 bits per heavy atom. The molecule has 0 aromatic heterocycles. The molecule has 1 saturated heterocycles. The van der Waals surface area contributed by atoms with Crippen LogP contribution in [0.15, 0.2) is 29.2 Å². The molecule has 1 unspecified atom stereocenters. The van der Waals surface area contributed by atoms with Crippen LogP contribution in [-0.2, 0) is 14.8 Å². The quantitative estimate of drug-likeness (QED) is 0.835. The molecule has 0 spiro atoms. The molecule has 100 valence electrons.